The summed E-state index contributed by atoms with van der Waals surface area (Å²) in [6, 6.07) is 5.85. The minimum Gasteiger partial charge on any atom is -0.338 e. The second-order valence-electron chi connectivity index (χ2n) is 3.96. The molecule has 0 spiro atoms. The summed E-state index contributed by atoms with van der Waals surface area (Å²) in [5.41, 5.74) is 0.749. The molecule has 0 aliphatic heterocycles. The van der Waals surface area contributed by atoms with Crippen LogP contribution in [0.4, 0.5) is 0 Å². The van der Waals surface area contributed by atoms with Crippen LogP contribution in [-0.4, -0.2) is 29.2 Å². The lowest BCUT2D eigenvalue weighted by Crippen LogP contribution is -2.33. The lowest BCUT2D eigenvalue weighted by Gasteiger charge is -2.22. The van der Waals surface area contributed by atoms with E-state index in [1.807, 2.05) is 23.1 Å². The van der Waals surface area contributed by atoms with E-state index in [2.05, 4.69) is 61.4 Å². The van der Waals surface area contributed by atoms with Gasteiger partial charge in [-0.15, -0.1) is 0 Å². The van der Waals surface area contributed by atoms with Crippen LogP contribution in [0.5, 0.6) is 0 Å². The monoisotopic (exact) mass is 487 g/mol. The zero-order valence-corrected chi connectivity index (χ0v) is 15.6. The van der Waals surface area contributed by atoms with Crippen molar-refractivity contribution < 1.29 is 4.79 Å². The van der Waals surface area contributed by atoms with Crippen molar-refractivity contribution in [2.24, 2.45) is 0 Å². The zero-order valence-electron chi connectivity index (χ0n) is 10.3. The standard InChI is InChI=1S/C13H16Br2INO/c1-2-3-7-17(8-6-14)13(18)11-9-10(16)4-5-12(11)15/h4-5,9H,2-3,6-8H2,1H3. The molecule has 0 heterocycles. The molecule has 0 saturated heterocycles. The van der Waals surface area contributed by atoms with E-state index in [0.29, 0.717) is 0 Å². The van der Waals surface area contributed by atoms with Crippen molar-refractivity contribution in [3.8, 4) is 0 Å². The van der Waals surface area contributed by atoms with Crippen molar-refractivity contribution >= 4 is 60.4 Å². The summed E-state index contributed by atoms with van der Waals surface area (Å²) in [5, 5.41) is 0.810. The molecule has 0 aliphatic rings. The van der Waals surface area contributed by atoms with Crippen molar-refractivity contribution in [3.05, 3.63) is 31.8 Å². The first-order valence-electron chi connectivity index (χ1n) is 5.90. The Bertz CT molecular complexity index is 412. The topological polar surface area (TPSA) is 20.3 Å². The van der Waals surface area contributed by atoms with Gasteiger partial charge in [-0.25, -0.2) is 0 Å². The van der Waals surface area contributed by atoms with Crippen LogP contribution in [-0.2, 0) is 0 Å². The minimum atomic E-state index is 0.105. The molecule has 0 atom stereocenters. The molecule has 1 amide bonds. The molecule has 0 bridgehead atoms. The first-order valence-corrected chi connectivity index (χ1v) is 8.89. The van der Waals surface area contributed by atoms with E-state index < -0.39 is 0 Å². The maximum absolute atomic E-state index is 12.5. The third kappa shape index (κ3) is 4.81. The molecule has 1 rings (SSSR count). The number of hydrogen-bond acceptors (Lipinski definition) is 1. The maximum Gasteiger partial charge on any atom is 0.255 e. The van der Waals surface area contributed by atoms with E-state index in [1.165, 1.54) is 0 Å². The molecule has 0 N–H and O–H groups in total. The molecule has 0 aromatic heterocycles. The van der Waals surface area contributed by atoms with E-state index in [1.54, 1.807) is 0 Å². The van der Waals surface area contributed by atoms with E-state index in [-0.39, 0.29) is 5.91 Å². The van der Waals surface area contributed by atoms with Gasteiger partial charge in [-0.3, -0.25) is 4.79 Å². The highest BCUT2D eigenvalue weighted by Gasteiger charge is 2.17. The van der Waals surface area contributed by atoms with Gasteiger partial charge in [0.25, 0.3) is 5.91 Å². The van der Waals surface area contributed by atoms with Crippen molar-refractivity contribution in [1.29, 1.82) is 0 Å². The van der Waals surface area contributed by atoms with Gasteiger partial charge in [-0.1, -0.05) is 29.3 Å². The van der Waals surface area contributed by atoms with Gasteiger partial charge >= 0.3 is 0 Å². The molecule has 0 radical (unpaired) electrons. The van der Waals surface area contributed by atoms with E-state index >= 15 is 0 Å². The van der Waals surface area contributed by atoms with Crippen LogP contribution in [0.2, 0.25) is 0 Å². The predicted octanol–water partition coefficient (Wildman–Crippen LogP) is 4.69. The Morgan fingerprint density at radius 1 is 1.39 bits per heavy atom. The molecule has 2 nitrogen and oxygen atoms in total. The largest absolute Gasteiger partial charge is 0.338 e. The molecule has 1 aromatic carbocycles. The summed E-state index contributed by atoms with van der Waals surface area (Å²) in [7, 11) is 0. The average Bonchev–Trinajstić information content (AvgIpc) is 2.36. The van der Waals surface area contributed by atoms with Crippen LogP contribution in [0.1, 0.15) is 30.1 Å². The Balaban J connectivity index is 2.90. The number of unbranched alkanes of at least 4 members (excludes halogenated alkanes) is 1. The molecular weight excluding hydrogens is 473 g/mol. The van der Waals surface area contributed by atoms with Crippen molar-refractivity contribution in [3.63, 3.8) is 0 Å². The number of carbonyl (C=O) groups excluding carboxylic acids is 1. The van der Waals surface area contributed by atoms with Crippen LogP contribution < -0.4 is 0 Å². The Hall–Kier alpha value is 0.380. The van der Waals surface area contributed by atoms with Crippen molar-refractivity contribution in [2.45, 2.75) is 19.8 Å². The second-order valence-corrected chi connectivity index (χ2v) is 6.85. The fourth-order valence-electron chi connectivity index (χ4n) is 1.60. The molecule has 100 valence electrons. The lowest BCUT2D eigenvalue weighted by molar-refractivity contribution is 0.0763. The molecule has 0 aliphatic carbocycles. The minimum absolute atomic E-state index is 0.105. The number of nitrogens with zero attached hydrogens (tertiary/aromatic N) is 1. The normalized spacial score (nSPS) is 10.4. The number of carbonyl (C=O) groups is 1. The fraction of sp³-hybridized carbons (Fsp3) is 0.462. The van der Waals surface area contributed by atoms with Crippen molar-refractivity contribution in [1.82, 2.24) is 4.90 Å². The Morgan fingerprint density at radius 2 is 2.11 bits per heavy atom. The molecule has 5 heteroatoms. The lowest BCUT2D eigenvalue weighted by atomic mass is 10.2. The Kier molecular flexibility index (Phi) is 7.79. The summed E-state index contributed by atoms with van der Waals surface area (Å²) in [5.74, 6) is 0.105. The van der Waals surface area contributed by atoms with Gasteiger partial charge in [0.2, 0.25) is 0 Å². The first kappa shape index (κ1) is 16.4. The number of alkyl halides is 1. The number of rotatable bonds is 6. The van der Waals surface area contributed by atoms with Gasteiger partial charge in [0.05, 0.1) is 5.56 Å². The maximum atomic E-state index is 12.5. The quantitative estimate of drug-likeness (QED) is 0.420. The summed E-state index contributed by atoms with van der Waals surface area (Å²) >= 11 is 9.09. The van der Waals surface area contributed by atoms with Crippen LogP contribution in [0.3, 0.4) is 0 Å². The van der Waals surface area contributed by atoms with Gasteiger partial charge in [0.1, 0.15) is 0 Å². The molecule has 1 aromatic rings. The molecule has 18 heavy (non-hydrogen) atoms. The Labute approximate surface area is 139 Å². The predicted molar refractivity (Wildman–Crippen MR) is 91.5 cm³/mol. The fourth-order valence-corrected chi connectivity index (χ4v) is 2.93. The van der Waals surface area contributed by atoms with Crippen LogP contribution in [0.25, 0.3) is 0 Å². The van der Waals surface area contributed by atoms with Gasteiger partial charge in [0, 0.05) is 26.5 Å². The summed E-state index contributed by atoms with van der Waals surface area (Å²) < 4.78 is 1.94. The smallest absolute Gasteiger partial charge is 0.255 e. The second kappa shape index (κ2) is 8.53. The van der Waals surface area contributed by atoms with Crippen LogP contribution in [0, 0.1) is 3.57 Å². The number of benzene rings is 1. The van der Waals surface area contributed by atoms with Crippen molar-refractivity contribution in [2.75, 3.05) is 18.4 Å². The van der Waals surface area contributed by atoms with Crippen LogP contribution in [0.15, 0.2) is 22.7 Å². The third-order valence-electron chi connectivity index (χ3n) is 2.58. The van der Waals surface area contributed by atoms with Gasteiger partial charge in [-0.2, -0.15) is 0 Å². The summed E-state index contributed by atoms with van der Waals surface area (Å²) in [6.07, 6.45) is 2.14. The first-order chi connectivity index (χ1) is 8.60. The van der Waals surface area contributed by atoms with Gasteiger partial charge in [-0.05, 0) is 63.1 Å². The van der Waals surface area contributed by atoms with E-state index in [4.69, 9.17) is 0 Å². The molecule has 0 unspecified atom stereocenters. The van der Waals surface area contributed by atoms with Gasteiger partial charge < -0.3 is 4.90 Å². The SMILES string of the molecule is CCCCN(CCBr)C(=O)c1cc(I)ccc1Br. The summed E-state index contributed by atoms with van der Waals surface area (Å²) in [4.78, 5) is 14.4. The highest BCUT2D eigenvalue weighted by Crippen LogP contribution is 2.21. The zero-order chi connectivity index (χ0) is 13.5. The Morgan fingerprint density at radius 3 is 2.72 bits per heavy atom. The van der Waals surface area contributed by atoms with E-state index in [0.717, 1.165) is 44.9 Å². The highest BCUT2D eigenvalue weighted by molar-refractivity contribution is 14.1. The van der Waals surface area contributed by atoms with Crippen LogP contribution >= 0.6 is 54.5 Å². The number of halogens is 3. The summed E-state index contributed by atoms with van der Waals surface area (Å²) in [6.45, 7) is 3.70. The number of hydrogen-bond donors (Lipinski definition) is 0. The number of amides is 1. The third-order valence-corrected chi connectivity index (χ3v) is 4.30. The highest BCUT2D eigenvalue weighted by atomic mass is 127. The molecule has 0 saturated carbocycles. The average molecular weight is 489 g/mol. The molecular formula is C13H16Br2INO. The molecule has 0 fully saturated rings. The van der Waals surface area contributed by atoms with Gasteiger partial charge in [0.15, 0.2) is 0 Å². The van der Waals surface area contributed by atoms with E-state index in [9.17, 15) is 4.79 Å².